The number of carboxylic acids is 1. The smallest absolute Gasteiger partial charge is 0.312 e. The first-order valence-electron chi connectivity index (χ1n) is 4.97. The first kappa shape index (κ1) is 13.4. The van der Waals surface area contributed by atoms with Crippen molar-refractivity contribution in [2.75, 3.05) is 5.32 Å². The van der Waals surface area contributed by atoms with Crippen molar-refractivity contribution in [3.05, 3.63) is 27.9 Å². The van der Waals surface area contributed by atoms with Crippen LogP contribution in [0.15, 0.2) is 12.3 Å². The summed E-state index contributed by atoms with van der Waals surface area (Å²) >= 11 is 0. The second kappa shape index (κ2) is 5.58. The maximum Gasteiger partial charge on any atom is 0.312 e. The largest absolute Gasteiger partial charge is 0.481 e. The average Bonchev–Trinajstić information content (AvgIpc) is 2.28. The van der Waals surface area contributed by atoms with Crippen molar-refractivity contribution in [1.82, 2.24) is 4.98 Å². The lowest BCUT2D eigenvalue weighted by molar-refractivity contribution is -0.384. The van der Waals surface area contributed by atoms with Crippen LogP contribution in [0.2, 0.25) is 0 Å². The van der Waals surface area contributed by atoms with E-state index in [0.29, 0.717) is 0 Å². The van der Waals surface area contributed by atoms with Gasteiger partial charge in [-0.3, -0.25) is 14.9 Å². The standard InChI is InChI=1S/C10H10N4O4/c1-6(2-9(15)16)13-10-8(14(17)18)3-7(4-11)5-12-10/h3,5-6H,2H2,1H3,(H,12,13)(H,15,16). The van der Waals surface area contributed by atoms with E-state index in [9.17, 15) is 14.9 Å². The van der Waals surface area contributed by atoms with Crippen LogP contribution in [0.25, 0.3) is 0 Å². The Bertz CT molecular complexity index is 523. The van der Waals surface area contributed by atoms with Crippen LogP contribution in [0, 0.1) is 21.4 Å². The number of aromatic nitrogens is 1. The van der Waals surface area contributed by atoms with Crippen LogP contribution in [-0.4, -0.2) is 27.0 Å². The average molecular weight is 250 g/mol. The maximum absolute atomic E-state index is 10.8. The van der Waals surface area contributed by atoms with Crippen LogP contribution >= 0.6 is 0 Å². The van der Waals surface area contributed by atoms with Crippen LogP contribution in [-0.2, 0) is 4.79 Å². The van der Waals surface area contributed by atoms with E-state index >= 15 is 0 Å². The molecule has 0 amide bonds. The molecule has 0 aromatic carbocycles. The summed E-state index contributed by atoms with van der Waals surface area (Å²) in [6.45, 7) is 1.57. The van der Waals surface area contributed by atoms with Crippen LogP contribution in [0.1, 0.15) is 18.9 Å². The third kappa shape index (κ3) is 3.41. The molecule has 0 saturated carbocycles. The Morgan fingerprint density at radius 3 is 2.94 bits per heavy atom. The van der Waals surface area contributed by atoms with Gasteiger partial charge in [0.25, 0.3) is 0 Å². The summed E-state index contributed by atoms with van der Waals surface area (Å²) in [5.74, 6) is -1.07. The number of nitrogens with one attached hydrogen (secondary N) is 1. The number of nitriles is 1. The highest BCUT2D eigenvalue weighted by molar-refractivity contribution is 5.68. The number of hydrogen-bond acceptors (Lipinski definition) is 6. The summed E-state index contributed by atoms with van der Waals surface area (Å²) in [5, 5.41) is 30.6. The lowest BCUT2D eigenvalue weighted by Crippen LogP contribution is -2.20. The summed E-state index contributed by atoms with van der Waals surface area (Å²) in [5.41, 5.74) is -0.288. The molecule has 0 spiro atoms. The Hall–Kier alpha value is -2.69. The highest BCUT2D eigenvalue weighted by Crippen LogP contribution is 2.23. The minimum absolute atomic E-state index is 0.0484. The van der Waals surface area contributed by atoms with Gasteiger partial charge in [0.05, 0.1) is 16.9 Å². The zero-order valence-corrected chi connectivity index (χ0v) is 9.45. The van der Waals surface area contributed by atoms with Crippen molar-refractivity contribution in [2.24, 2.45) is 0 Å². The fraction of sp³-hybridized carbons (Fsp3) is 0.300. The Morgan fingerprint density at radius 1 is 1.78 bits per heavy atom. The lowest BCUT2D eigenvalue weighted by atomic mass is 10.2. The number of hydrogen-bond donors (Lipinski definition) is 2. The van der Waals surface area contributed by atoms with Gasteiger partial charge in [-0.25, -0.2) is 4.98 Å². The monoisotopic (exact) mass is 250 g/mol. The Kier molecular flexibility index (Phi) is 4.15. The quantitative estimate of drug-likeness (QED) is 0.591. The van der Waals surface area contributed by atoms with Crippen molar-refractivity contribution >= 4 is 17.5 Å². The molecule has 0 aliphatic carbocycles. The minimum Gasteiger partial charge on any atom is -0.481 e. The molecule has 1 atom stereocenters. The number of aliphatic carboxylic acids is 1. The molecule has 1 rings (SSSR count). The van der Waals surface area contributed by atoms with Crippen LogP contribution in [0.3, 0.4) is 0 Å². The fourth-order valence-corrected chi connectivity index (χ4v) is 1.31. The van der Waals surface area contributed by atoms with E-state index in [2.05, 4.69) is 10.3 Å². The van der Waals surface area contributed by atoms with E-state index in [4.69, 9.17) is 10.4 Å². The third-order valence-electron chi connectivity index (χ3n) is 2.06. The molecule has 1 heterocycles. The van der Waals surface area contributed by atoms with E-state index in [1.54, 1.807) is 13.0 Å². The Balaban J connectivity index is 2.98. The zero-order chi connectivity index (χ0) is 13.7. The normalized spacial score (nSPS) is 11.3. The molecule has 0 aliphatic rings. The predicted molar refractivity (Wildman–Crippen MR) is 60.9 cm³/mol. The van der Waals surface area contributed by atoms with Crippen molar-refractivity contribution < 1.29 is 14.8 Å². The Labute approximate surface area is 102 Å². The zero-order valence-electron chi connectivity index (χ0n) is 9.45. The number of carboxylic acid groups (broad SMARTS) is 1. The van der Waals surface area contributed by atoms with Crippen molar-refractivity contribution in [3.8, 4) is 6.07 Å². The van der Waals surface area contributed by atoms with E-state index in [0.717, 1.165) is 6.07 Å². The molecule has 1 aromatic heterocycles. The molecule has 0 radical (unpaired) electrons. The van der Waals surface area contributed by atoms with Gasteiger partial charge in [-0.1, -0.05) is 0 Å². The van der Waals surface area contributed by atoms with E-state index < -0.39 is 16.9 Å². The molecular formula is C10H10N4O4. The summed E-state index contributed by atoms with van der Waals surface area (Å²) in [6, 6.07) is 2.32. The van der Waals surface area contributed by atoms with E-state index in [-0.39, 0.29) is 23.5 Å². The number of carbonyl (C=O) groups is 1. The number of rotatable bonds is 5. The number of pyridine rings is 1. The van der Waals surface area contributed by atoms with Crippen LogP contribution in [0.4, 0.5) is 11.5 Å². The van der Waals surface area contributed by atoms with Crippen molar-refractivity contribution in [1.29, 1.82) is 5.26 Å². The number of nitrogens with zero attached hydrogens (tertiary/aromatic N) is 3. The first-order valence-corrected chi connectivity index (χ1v) is 4.97. The molecule has 8 heteroatoms. The second-order valence-corrected chi connectivity index (χ2v) is 3.60. The number of anilines is 1. The SMILES string of the molecule is CC(CC(=O)O)Nc1ncc(C#N)cc1[N+](=O)[O-]. The highest BCUT2D eigenvalue weighted by atomic mass is 16.6. The summed E-state index contributed by atoms with van der Waals surface area (Å²) in [7, 11) is 0. The highest BCUT2D eigenvalue weighted by Gasteiger charge is 2.18. The summed E-state index contributed by atoms with van der Waals surface area (Å²) in [4.78, 5) is 24.3. The topological polar surface area (TPSA) is 129 Å². The van der Waals surface area contributed by atoms with Gasteiger partial charge in [-0.05, 0) is 6.92 Å². The second-order valence-electron chi connectivity index (χ2n) is 3.60. The third-order valence-corrected chi connectivity index (χ3v) is 2.06. The predicted octanol–water partition coefficient (Wildman–Crippen LogP) is 1.14. The lowest BCUT2D eigenvalue weighted by Gasteiger charge is -2.11. The van der Waals surface area contributed by atoms with Gasteiger partial charge in [0.15, 0.2) is 0 Å². The molecule has 0 aliphatic heterocycles. The molecule has 1 aromatic rings. The first-order chi connectivity index (χ1) is 8.43. The van der Waals surface area contributed by atoms with Crippen molar-refractivity contribution in [3.63, 3.8) is 0 Å². The number of nitro groups is 1. The molecule has 2 N–H and O–H groups in total. The van der Waals surface area contributed by atoms with Gasteiger partial charge in [0, 0.05) is 18.3 Å². The maximum atomic E-state index is 10.8. The van der Waals surface area contributed by atoms with Crippen LogP contribution in [0.5, 0.6) is 0 Å². The molecule has 1 unspecified atom stereocenters. The summed E-state index contributed by atoms with van der Waals surface area (Å²) in [6.07, 6.45) is 0.988. The fourth-order valence-electron chi connectivity index (χ4n) is 1.31. The van der Waals surface area contributed by atoms with Crippen LogP contribution < -0.4 is 5.32 Å². The molecule has 8 nitrogen and oxygen atoms in total. The molecule has 0 fully saturated rings. The van der Waals surface area contributed by atoms with Gasteiger partial charge >= 0.3 is 11.7 Å². The molecule has 0 saturated heterocycles. The molecule has 94 valence electrons. The van der Waals surface area contributed by atoms with Gasteiger partial charge in [0.1, 0.15) is 6.07 Å². The minimum atomic E-state index is -1.02. The molecule has 18 heavy (non-hydrogen) atoms. The van der Waals surface area contributed by atoms with E-state index in [1.807, 2.05) is 0 Å². The van der Waals surface area contributed by atoms with Gasteiger partial charge < -0.3 is 10.4 Å². The van der Waals surface area contributed by atoms with Crippen molar-refractivity contribution in [2.45, 2.75) is 19.4 Å². The molecular weight excluding hydrogens is 240 g/mol. The Morgan fingerprint density at radius 2 is 2.44 bits per heavy atom. The molecule has 0 bridgehead atoms. The van der Waals surface area contributed by atoms with Gasteiger partial charge in [0.2, 0.25) is 5.82 Å². The van der Waals surface area contributed by atoms with E-state index in [1.165, 1.54) is 6.20 Å². The van der Waals surface area contributed by atoms with Gasteiger partial charge in [-0.2, -0.15) is 5.26 Å². The summed E-state index contributed by atoms with van der Waals surface area (Å²) < 4.78 is 0. The van der Waals surface area contributed by atoms with Gasteiger partial charge in [-0.15, -0.1) is 0 Å².